The van der Waals surface area contributed by atoms with Crippen molar-refractivity contribution in [3.8, 4) is 11.6 Å². The van der Waals surface area contributed by atoms with E-state index in [0.717, 1.165) is 24.2 Å². The van der Waals surface area contributed by atoms with Crippen LogP contribution < -0.4 is 10.5 Å². The Kier molecular flexibility index (Phi) is 4.74. The van der Waals surface area contributed by atoms with Gasteiger partial charge in [0.25, 0.3) is 0 Å². The zero-order valence-electron chi connectivity index (χ0n) is 12.4. The van der Waals surface area contributed by atoms with Gasteiger partial charge in [0.05, 0.1) is 0 Å². The quantitative estimate of drug-likeness (QED) is 0.899. The van der Waals surface area contributed by atoms with Crippen molar-refractivity contribution < 1.29 is 4.74 Å². The van der Waals surface area contributed by atoms with E-state index in [1.54, 1.807) is 6.20 Å². The Morgan fingerprint density at radius 3 is 2.55 bits per heavy atom. The number of aryl methyl sites for hydroxylation is 2. The number of aromatic nitrogens is 1. The minimum absolute atomic E-state index is 0.140. The molecule has 2 aromatic rings. The monoisotopic (exact) mass is 270 g/mol. The molecule has 0 fully saturated rings. The molecule has 0 aliphatic carbocycles. The zero-order chi connectivity index (χ0) is 14.5. The second-order valence-corrected chi connectivity index (χ2v) is 5.27. The van der Waals surface area contributed by atoms with Crippen molar-refractivity contribution in [1.82, 2.24) is 4.98 Å². The molecule has 20 heavy (non-hydrogen) atoms. The van der Waals surface area contributed by atoms with Crippen molar-refractivity contribution >= 4 is 0 Å². The summed E-state index contributed by atoms with van der Waals surface area (Å²) in [5.41, 5.74) is 9.45. The zero-order valence-corrected chi connectivity index (χ0v) is 12.4. The van der Waals surface area contributed by atoms with Gasteiger partial charge in [0, 0.05) is 17.8 Å². The van der Waals surface area contributed by atoms with Crippen molar-refractivity contribution in [2.75, 3.05) is 0 Å². The van der Waals surface area contributed by atoms with Gasteiger partial charge in [-0.2, -0.15) is 0 Å². The Labute approximate surface area is 120 Å². The summed E-state index contributed by atoms with van der Waals surface area (Å²) in [5, 5.41) is 0. The highest BCUT2D eigenvalue weighted by Crippen LogP contribution is 2.25. The SMILES string of the molecule is CCC(N)Cc1cccnc1Oc1cc(C)cc(C)c1. The lowest BCUT2D eigenvalue weighted by Gasteiger charge is -2.13. The first-order chi connectivity index (χ1) is 9.58. The number of pyridine rings is 1. The number of hydrogen-bond donors (Lipinski definition) is 1. The van der Waals surface area contributed by atoms with E-state index < -0.39 is 0 Å². The summed E-state index contributed by atoms with van der Waals surface area (Å²) in [4.78, 5) is 4.34. The first-order valence-electron chi connectivity index (χ1n) is 7.04. The van der Waals surface area contributed by atoms with Crippen LogP contribution in [0.25, 0.3) is 0 Å². The third kappa shape index (κ3) is 3.81. The van der Waals surface area contributed by atoms with Gasteiger partial charge in [-0.3, -0.25) is 0 Å². The number of rotatable bonds is 5. The maximum absolute atomic E-state index is 6.03. The standard InChI is InChI=1S/C17H22N2O/c1-4-15(18)11-14-6-5-7-19-17(14)20-16-9-12(2)8-13(3)10-16/h5-10,15H,4,11,18H2,1-3H3. The second-order valence-electron chi connectivity index (χ2n) is 5.27. The number of nitrogens with two attached hydrogens (primary N) is 1. The van der Waals surface area contributed by atoms with Gasteiger partial charge >= 0.3 is 0 Å². The van der Waals surface area contributed by atoms with Gasteiger partial charge < -0.3 is 10.5 Å². The van der Waals surface area contributed by atoms with Crippen molar-refractivity contribution in [3.05, 3.63) is 53.2 Å². The summed E-state index contributed by atoms with van der Waals surface area (Å²) in [6, 6.07) is 10.3. The van der Waals surface area contributed by atoms with E-state index in [9.17, 15) is 0 Å². The Hall–Kier alpha value is -1.87. The number of benzene rings is 1. The molecule has 3 nitrogen and oxygen atoms in total. The molecular formula is C17H22N2O. The summed E-state index contributed by atoms with van der Waals surface area (Å²) in [6.07, 6.45) is 3.47. The van der Waals surface area contributed by atoms with Crippen molar-refractivity contribution in [2.24, 2.45) is 5.73 Å². The largest absolute Gasteiger partial charge is 0.439 e. The molecule has 3 heteroatoms. The van der Waals surface area contributed by atoms with Crippen LogP contribution >= 0.6 is 0 Å². The minimum atomic E-state index is 0.140. The Morgan fingerprint density at radius 1 is 1.20 bits per heavy atom. The van der Waals surface area contributed by atoms with Crippen LogP contribution in [-0.4, -0.2) is 11.0 Å². The van der Waals surface area contributed by atoms with Gasteiger partial charge in [-0.05, 0) is 56.0 Å². The molecule has 1 atom stereocenters. The summed E-state index contributed by atoms with van der Waals surface area (Å²) in [5.74, 6) is 1.48. The summed E-state index contributed by atoms with van der Waals surface area (Å²) in [6.45, 7) is 6.21. The second kappa shape index (κ2) is 6.53. The molecule has 1 aromatic carbocycles. The summed E-state index contributed by atoms with van der Waals surface area (Å²) < 4.78 is 5.95. The van der Waals surface area contributed by atoms with Crippen molar-refractivity contribution in [1.29, 1.82) is 0 Å². The van der Waals surface area contributed by atoms with Crippen LogP contribution in [0.2, 0.25) is 0 Å². The van der Waals surface area contributed by atoms with Crippen LogP contribution in [0.15, 0.2) is 36.5 Å². The highest BCUT2D eigenvalue weighted by atomic mass is 16.5. The molecule has 2 rings (SSSR count). The molecule has 1 aromatic heterocycles. The highest BCUT2D eigenvalue weighted by Gasteiger charge is 2.10. The van der Waals surface area contributed by atoms with Crippen LogP contribution in [-0.2, 0) is 6.42 Å². The molecule has 1 heterocycles. The lowest BCUT2D eigenvalue weighted by atomic mass is 10.1. The van der Waals surface area contributed by atoms with E-state index in [1.807, 2.05) is 24.3 Å². The third-order valence-corrected chi connectivity index (χ3v) is 3.27. The summed E-state index contributed by atoms with van der Waals surface area (Å²) in [7, 11) is 0. The fourth-order valence-electron chi connectivity index (χ4n) is 2.20. The molecule has 1 unspecified atom stereocenters. The minimum Gasteiger partial charge on any atom is -0.439 e. The van der Waals surface area contributed by atoms with E-state index >= 15 is 0 Å². The molecular weight excluding hydrogens is 248 g/mol. The molecule has 0 saturated carbocycles. The van der Waals surface area contributed by atoms with Crippen molar-refractivity contribution in [2.45, 2.75) is 39.7 Å². The van der Waals surface area contributed by atoms with Gasteiger partial charge in [-0.25, -0.2) is 4.98 Å². The molecule has 0 amide bonds. The Balaban J connectivity index is 2.24. The maximum Gasteiger partial charge on any atom is 0.222 e. The molecule has 0 spiro atoms. The smallest absolute Gasteiger partial charge is 0.222 e. The van der Waals surface area contributed by atoms with Gasteiger partial charge in [0.15, 0.2) is 0 Å². The van der Waals surface area contributed by atoms with Crippen LogP contribution in [0, 0.1) is 13.8 Å². The molecule has 106 valence electrons. The topological polar surface area (TPSA) is 48.1 Å². The first-order valence-corrected chi connectivity index (χ1v) is 7.04. The molecule has 0 bridgehead atoms. The van der Waals surface area contributed by atoms with Crippen molar-refractivity contribution in [3.63, 3.8) is 0 Å². The average Bonchev–Trinajstić information content (AvgIpc) is 2.39. The van der Waals surface area contributed by atoms with Crippen LogP contribution in [0.5, 0.6) is 11.6 Å². The molecule has 0 saturated heterocycles. The summed E-state index contributed by atoms with van der Waals surface area (Å²) >= 11 is 0. The molecule has 2 N–H and O–H groups in total. The fourth-order valence-corrected chi connectivity index (χ4v) is 2.20. The van der Waals surface area contributed by atoms with Crippen LogP contribution in [0.1, 0.15) is 30.0 Å². The van der Waals surface area contributed by atoms with Gasteiger partial charge in [0.1, 0.15) is 5.75 Å². The lowest BCUT2D eigenvalue weighted by Crippen LogP contribution is -2.21. The predicted molar refractivity (Wildman–Crippen MR) is 82.2 cm³/mol. The van der Waals surface area contributed by atoms with E-state index in [1.165, 1.54) is 11.1 Å². The number of ether oxygens (including phenoxy) is 1. The van der Waals surface area contributed by atoms with E-state index in [-0.39, 0.29) is 6.04 Å². The predicted octanol–water partition coefficient (Wildman–Crippen LogP) is 3.77. The van der Waals surface area contributed by atoms with E-state index in [0.29, 0.717) is 5.88 Å². The molecule has 0 radical (unpaired) electrons. The average molecular weight is 270 g/mol. The van der Waals surface area contributed by atoms with Gasteiger partial charge in [-0.15, -0.1) is 0 Å². The third-order valence-electron chi connectivity index (χ3n) is 3.27. The lowest BCUT2D eigenvalue weighted by molar-refractivity contribution is 0.451. The van der Waals surface area contributed by atoms with Crippen LogP contribution in [0.3, 0.4) is 0 Å². The van der Waals surface area contributed by atoms with Crippen LogP contribution in [0.4, 0.5) is 0 Å². The first kappa shape index (κ1) is 14.5. The fraction of sp³-hybridized carbons (Fsp3) is 0.353. The van der Waals surface area contributed by atoms with Gasteiger partial charge in [0.2, 0.25) is 5.88 Å². The molecule has 0 aliphatic rings. The van der Waals surface area contributed by atoms with E-state index in [2.05, 4.69) is 31.8 Å². The van der Waals surface area contributed by atoms with E-state index in [4.69, 9.17) is 10.5 Å². The number of nitrogens with zero attached hydrogens (tertiary/aromatic N) is 1. The Morgan fingerprint density at radius 2 is 1.90 bits per heavy atom. The Bertz CT molecular complexity index is 561. The highest BCUT2D eigenvalue weighted by molar-refractivity contribution is 5.37. The maximum atomic E-state index is 6.03. The van der Waals surface area contributed by atoms with Gasteiger partial charge in [-0.1, -0.05) is 19.1 Å². The number of hydrogen-bond acceptors (Lipinski definition) is 3. The molecule has 0 aliphatic heterocycles. The normalized spacial score (nSPS) is 12.2.